The molecule has 3 rings (SSSR count). The van der Waals surface area contributed by atoms with Crippen LogP contribution in [0, 0.1) is 5.41 Å². The number of nitrogens with zero attached hydrogens (tertiary/aromatic N) is 1. The first-order valence-electron chi connectivity index (χ1n) is 8.11. The molecule has 1 heterocycles. The van der Waals surface area contributed by atoms with E-state index in [1.165, 1.54) is 0 Å². The number of hydrogen-bond donors (Lipinski definition) is 3. The number of aromatic nitrogens is 1. The highest BCUT2D eigenvalue weighted by Crippen LogP contribution is 2.27. The second-order valence-electron chi connectivity index (χ2n) is 6.22. The number of carbonyl (C=O) groups is 1. The Hall–Kier alpha value is -3.21. The number of nitrogens with two attached hydrogens (primary N) is 1. The molecule has 4 N–H and O–H groups in total. The van der Waals surface area contributed by atoms with Crippen molar-refractivity contribution in [1.29, 1.82) is 5.41 Å². The molecule has 1 amide bonds. The zero-order valence-electron chi connectivity index (χ0n) is 14.2. The molecule has 0 aliphatic heterocycles. The van der Waals surface area contributed by atoms with Gasteiger partial charge in [-0.3, -0.25) is 15.5 Å². The highest BCUT2D eigenvalue weighted by atomic mass is 16.1. The molecule has 0 fully saturated rings. The van der Waals surface area contributed by atoms with Gasteiger partial charge in [0.25, 0.3) is 5.91 Å². The van der Waals surface area contributed by atoms with Crippen LogP contribution in [0.4, 0.5) is 0 Å². The molecule has 0 atom stereocenters. The molecule has 5 heteroatoms. The van der Waals surface area contributed by atoms with Crippen molar-refractivity contribution in [1.82, 2.24) is 10.3 Å². The summed E-state index contributed by atoms with van der Waals surface area (Å²) in [7, 11) is 0. The number of pyridine rings is 1. The molecule has 0 bridgehead atoms. The summed E-state index contributed by atoms with van der Waals surface area (Å²) in [6, 6.07) is 17.4. The van der Waals surface area contributed by atoms with Crippen LogP contribution in [0.3, 0.4) is 0 Å². The quantitative estimate of drug-likeness (QED) is 0.505. The SMILES string of the molecule is CC(C)c1ccc2nc(-c3ccccc3)cc(C(=O)NC(=N)N)c2c1. The molecule has 126 valence electrons. The molecule has 0 spiro atoms. The predicted octanol–water partition coefficient (Wildman–Crippen LogP) is 3.65. The maximum Gasteiger partial charge on any atom is 0.258 e. The largest absolute Gasteiger partial charge is 0.370 e. The van der Waals surface area contributed by atoms with Crippen LogP contribution < -0.4 is 11.1 Å². The predicted molar refractivity (Wildman–Crippen MR) is 101 cm³/mol. The fraction of sp³-hybridized carbons (Fsp3) is 0.150. The maximum atomic E-state index is 12.6. The van der Waals surface area contributed by atoms with E-state index in [1.807, 2.05) is 48.5 Å². The van der Waals surface area contributed by atoms with E-state index >= 15 is 0 Å². The number of amides is 1. The molecule has 2 aromatic carbocycles. The fourth-order valence-corrected chi connectivity index (χ4v) is 2.74. The van der Waals surface area contributed by atoms with Gasteiger partial charge in [-0.05, 0) is 29.7 Å². The molecular formula is C20H20N4O. The van der Waals surface area contributed by atoms with Crippen LogP contribution in [0.5, 0.6) is 0 Å². The molecule has 0 aliphatic rings. The highest BCUT2D eigenvalue weighted by Gasteiger charge is 2.15. The molecular weight excluding hydrogens is 312 g/mol. The number of nitrogens with one attached hydrogen (secondary N) is 2. The number of hydrogen-bond acceptors (Lipinski definition) is 3. The summed E-state index contributed by atoms with van der Waals surface area (Å²) < 4.78 is 0. The first-order chi connectivity index (χ1) is 12.0. The Morgan fingerprint density at radius 2 is 1.84 bits per heavy atom. The Balaban J connectivity index is 2.24. The van der Waals surface area contributed by atoms with Crippen LogP contribution >= 0.6 is 0 Å². The van der Waals surface area contributed by atoms with E-state index in [4.69, 9.17) is 16.1 Å². The molecule has 0 saturated heterocycles. The maximum absolute atomic E-state index is 12.6. The monoisotopic (exact) mass is 332 g/mol. The molecule has 1 aromatic heterocycles. The lowest BCUT2D eigenvalue weighted by atomic mass is 9.97. The van der Waals surface area contributed by atoms with Gasteiger partial charge in [0.05, 0.1) is 16.8 Å². The van der Waals surface area contributed by atoms with Crippen molar-refractivity contribution in [3.8, 4) is 11.3 Å². The zero-order valence-corrected chi connectivity index (χ0v) is 14.2. The summed E-state index contributed by atoms with van der Waals surface area (Å²) in [5.41, 5.74) is 9.29. The Morgan fingerprint density at radius 3 is 2.48 bits per heavy atom. The van der Waals surface area contributed by atoms with Gasteiger partial charge in [-0.25, -0.2) is 4.98 Å². The number of rotatable bonds is 3. The third-order valence-electron chi connectivity index (χ3n) is 4.06. The van der Waals surface area contributed by atoms with Gasteiger partial charge in [0.1, 0.15) is 0 Å². The molecule has 0 unspecified atom stereocenters. The summed E-state index contributed by atoms with van der Waals surface area (Å²) in [6.45, 7) is 4.20. The van der Waals surface area contributed by atoms with Crippen molar-refractivity contribution in [2.75, 3.05) is 0 Å². The van der Waals surface area contributed by atoms with E-state index in [0.717, 1.165) is 22.0 Å². The van der Waals surface area contributed by atoms with Crippen LogP contribution in [-0.2, 0) is 0 Å². The first-order valence-corrected chi connectivity index (χ1v) is 8.11. The van der Waals surface area contributed by atoms with Gasteiger partial charge in [0.15, 0.2) is 5.96 Å². The lowest BCUT2D eigenvalue weighted by Crippen LogP contribution is -2.35. The Kier molecular flexibility index (Phi) is 4.48. The van der Waals surface area contributed by atoms with E-state index in [9.17, 15) is 4.79 Å². The number of guanidine groups is 1. The average Bonchev–Trinajstić information content (AvgIpc) is 2.60. The standard InChI is InChI=1S/C20H20N4O/c1-12(2)14-8-9-17-15(10-14)16(19(25)24-20(21)22)11-18(23-17)13-6-4-3-5-7-13/h3-12H,1-2H3,(H4,21,22,24,25). The van der Waals surface area contributed by atoms with Crippen LogP contribution in [0.2, 0.25) is 0 Å². The summed E-state index contributed by atoms with van der Waals surface area (Å²) in [4.78, 5) is 17.3. The minimum absolute atomic E-state index is 0.335. The third kappa shape index (κ3) is 3.50. The van der Waals surface area contributed by atoms with E-state index in [-0.39, 0.29) is 5.96 Å². The Bertz CT molecular complexity index is 949. The molecule has 5 nitrogen and oxygen atoms in total. The molecule has 0 saturated carbocycles. The van der Waals surface area contributed by atoms with E-state index in [0.29, 0.717) is 17.2 Å². The zero-order chi connectivity index (χ0) is 18.0. The van der Waals surface area contributed by atoms with Gasteiger partial charge >= 0.3 is 0 Å². The average molecular weight is 332 g/mol. The summed E-state index contributed by atoms with van der Waals surface area (Å²) in [5.74, 6) is -0.448. The van der Waals surface area contributed by atoms with Gasteiger partial charge in [0, 0.05) is 10.9 Å². The highest BCUT2D eigenvalue weighted by molar-refractivity contribution is 6.12. The van der Waals surface area contributed by atoms with Gasteiger partial charge in [-0.15, -0.1) is 0 Å². The van der Waals surface area contributed by atoms with Crippen LogP contribution in [-0.4, -0.2) is 16.9 Å². The molecule has 0 aliphatic carbocycles. The molecule has 25 heavy (non-hydrogen) atoms. The van der Waals surface area contributed by atoms with Crippen molar-refractivity contribution >= 4 is 22.8 Å². The molecule has 0 radical (unpaired) electrons. The van der Waals surface area contributed by atoms with Crippen LogP contribution in [0.15, 0.2) is 54.6 Å². The van der Waals surface area contributed by atoms with Crippen molar-refractivity contribution in [3.63, 3.8) is 0 Å². The smallest absolute Gasteiger partial charge is 0.258 e. The normalized spacial score (nSPS) is 10.8. The van der Waals surface area contributed by atoms with Gasteiger partial charge < -0.3 is 5.73 Å². The van der Waals surface area contributed by atoms with E-state index in [2.05, 4.69) is 19.2 Å². The third-order valence-corrected chi connectivity index (χ3v) is 4.06. The fourth-order valence-electron chi connectivity index (χ4n) is 2.74. The number of benzene rings is 2. The Labute approximate surface area is 146 Å². The summed E-state index contributed by atoms with van der Waals surface area (Å²) >= 11 is 0. The van der Waals surface area contributed by atoms with Crippen LogP contribution in [0.25, 0.3) is 22.2 Å². The Morgan fingerprint density at radius 1 is 1.12 bits per heavy atom. The minimum atomic E-state index is -0.405. The van der Waals surface area contributed by atoms with Gasteiger partial charge in [-0.1, -0.05) is 50.2 Å². The number of carbonyl (C=O) groups excluding carboxylic acids is 1. The topological polar surface area (TPSA) is 91.9 Å². The van der Waals surface area contributed by atoms with Crippen molar-refractivity contribution in [3.05, 3.63) is 65.7 Å². The van der Waals surface area contributed by atoms with E-state index in [1.54, 1.807) is 6.07 Å². The van der Waals surface area contributed by atoms with Gasteiger partial charge in [-0.2, -0.15) is 0 Å². The molecule has 3 aromatic rings. The van der Waals surface area contributed by atoms with Crippen molar-refractivity contribution < 1.29 is 4.79 Å². The van der Waals surface area contributed by atoms with Crippen molar-refractivity contribution in [2.45, 2.75) is 19.8 Å². The first kappa shape index (κ1) is 16.6. The number of fused-ring (bicyclic) bond motifs is 1. The second kappa shape index (κ2) is 6.73. The second-order valence-corrected chi connectivity index (χ2v) is 6.22. The van der Waals surface area contributed by atoms with Crippen molar-refractivity contribution in [2.24, 2.45) is 5.73 Å². The van der Waals surface area contributed by atoms with Gasteiger partial charge in [0.2, 0.25) is 0 Å². The lowest BCUT2D eigenvalue weighted by molar-refractivity contribution is 0.0978. The van der Waals surface area contributed by atoms with Crippen LogP contribution in [0.1, 0.15) is 35.7 Å². The lowest BCUT2D eigenvalue weighted by Gasteiger charge is -2.12. The van der Waals surface area contributed by atoms with E-state index < -0.39 is 5.91 Å². The summed E-state index contributed by atoms with van der Waals surface area (Å²) in [6.07, 6.45) is 0. The summed E-state index contributed by atoms with van der Waals surface area (Å²) in [5, 5.41) is 10.5. The minimum Gasteiger partial charge on any atom is -0.370 e.